The Hall–Kier alpha value is -2.06. The molecule has 9 heteroatoms. The molecule has 0 aromatic carbocycles. The van der Waals surface area contributed by atoms with Gasteiger partial charge in [0, 0.05) is 13.0 Å². The monoisotopic (exact) mass is 707 g/mol. The normalized spacial score (nSPS) is 15.1. The first kappa shape index (κ1) is 46.9. The molecule has 0 aliphatic heterocycles. The van der Waals surface area contributed by atoms with Gasteiger partial charge in [-0.15, -0.1) is 0 Å². The third-order valence-electron chi connectivity index (χ3n) is 7.82. The molecule has 0 fully saturated rings. The van der Waals surface area contributed by atoms with Gasteiger partial charge in [-0.05, 0) is 64.2 Å². The van der Waals surface area contributed by atoms with Crippen molar-refractivity contribution in [3.05, 3.63) is 72.9 Å². The van der Waals surface area contributed by atoms with Gasteiger partial charge in [-0.2, -0.15) is 0 Å². The molecule has 0 aromatic rings. The van der Waals surface area contributed by atoms with E-state index in [0.717, 1.165) is 70.6 Å². The number of aliphatic hydroxyl groups is 1. The Morgan fingerprint density at radius 2 is 1.18 bits per heavy atom. The van der Waals surface area contributed by atoms with E-state index in [1.54, 1.807) is 0 Å². The van der Waals surface area contributed by atoms with Crippen LogP contribution in [-0.2, 0) is 18.4 Å². The maximum atomic E-state index is 12.7. The van der Waals surface area contributed by atoms with E-state index in [0.29, 0.717) is 19.3 Å². The Labute approximate surface area is 299 Å². The number of aliphatic hydroxyl groups excluding tert-OH is 1. The van der Waals surface area contributed by atoms with Gasteiger partial charge < -0.3 is 21.1 Å². The first-order valence-corrected chi connectivity index (χ1v) is 20.5. The van der Waals surface area contributed by atoms with Crippen LogP contribution in [0.15, 0.2) is 72.9 Å². The Balaban J connectivity index is 4.30. The number of carbonyl (C=O) groups excluding carboxylic acids is 1. The summed E-state index contributed by atoms with van der Waals surface area (Å²) in [6, 6.07) is -0.799. The van der Waals surface area contributed by atoms with E-state index in [2.05, 4.69) is 92.1 Å². The van der Waals surface area contributed by atoms with Crippen molar-refractivity contribution in [2.45, 2.75) is 154 Å². The first-order valence-electron chi connectivity index (χ1n) is 19.1. The quantitative estimate of drug-likeness (QED) is 0.0298. The minimum atomic E-state index is -4.32. The molecular formula is C40H71N2O6P. The highest BCUT2D eigenvalue weighted by Crippen LogP contribution is 2.43. The molecular weight excluding hydrogens is 635 g/mol. The molecule has 49 heavy (non-hydrogen) atoms. The van der Waals surface area contributed by atoms with Gasteiger partial charge in [0.2, 0.25) is 5.91 Å². The predicted octanol–water partition coefficient (Wildman–Crippen LogP) is 10.1. The van der Waals surface area contributed by atoms with Crippen LogP contribution in [0.25, 0.3) is 0 Å². The van der Waals surface area contributed by atoms with E-state index >= 15 is 0 Å². The number of hydrogen-bond acceptors (Lipinski definition) is 6. The van der Waals surface area contributed by atoms with Crippen LogP contribution >= 0.6 is 7.82 Å². The van der Waals surface area contributed by atoms with Gasteiger partial charge in [-0.3, -0.25) is 13.8 Å². The highest BCUT2D eigenvalue weighted by molar-refractivity contribution is 7.47. The molecule has 5 N–H and O–H groups in total. The number of unbranched alkanes of at least 4 members (excludes halogenated alkanes) is 10. The Morgan fingerprint density at radius 3 is 1.69 bits per heavy atom. The summed E-state index contributed by atoms with van der Waals surface area (Å²) in [6.45, 7) is 4.00. The van der Waals surface area contributed by atoms with Gasteiger partial charge in [0.15, 0.2) is 0 Å². The molecule has 0 rings (SSSR count). The molecule has 0 bridgehead atoms. The second kappa shape index (κ2) is 35.8. The molecule has 0 radical (unpaired) electrons. The van der Waals surface area contributed by atoms with Crippen LogP contribution in [-0.4, -0.2) is 47.8 Å². The summed E-state index contributed by atoms with van der Waals surface area (Å²) in [5.41, 5.74) is 5.35. The van der Waals surface area contributed by atoms with Gasteiger partial charge in [0.1, 0.15) is 0 Å². The minimum absolute atomic E-state index is 0.0773. The largest absolute Gasteiger partial charge is 0.472 e. The number of amides is 1. The Morgan fingerprint density at radius 1 is 0.694 bits per heavy atom. The molecule has 1 amide bonds. The molecule has 3 atom stereocenters. The fourth-order valence-electron chi connectivity index (χ4n) is 4.96. The number of allylic oxidation sites excluding steroid dienone is 12. The summed E-state index contributed by atoms with van der Waals surface area (Å²) in [5, 5.41) is 13.6. The van der Waals surface area contributed by atoms with E-state index < -0.39 is 20.0 Å². The van der Waals surface area contributed by atoms with Crippen LogP contribution < -0.4 is 11.1 Å². The topological polar surface area (TPSA) is 131 Å². The van der Waals surface area contributed by atoms with Crippen molar-refractivity contribution >= 4 is 13.7 Å². The van der Waals surface area contributed by atoms with Gasteiger partial charge in [-0.25, -0.2) is 4.57 Å². The third-order valence-corrected chi connectivity index (χ3v) is 8.81. The third kappa shape index (κ3) is 34.2. The highest BCUT2D eigenvalue weighted by atomic mass is 31.2. The Bertz CT molecular complexity index is 991. The maximum Gasteiger partial charge on any atom is 0.472 e. The standard InChI is InChI=1S/C40H71N2O6P/c1-3-5-7-9-11-13-14-15-16-17-18-19-20-21-22-23-24-26-28-30-32-34-40(44)42-38(37-48-49(45,46)47-36-35-41)39(43)33-31-29-27-25-12-10-8-6-4-2/h5,7,11,13,15-16,18-19,21-22,24,26,38-39,43H,3-4,6,8-10,12,14,17,20,23,25,27-37,41H2,1-2H3,(H,42,44)(H,45,46)/b7-5-,13-11-,16-15-,19-18-,22-21-,26-24-. The number of phosphoric ester groups is 1. The zero-order chi connectivity index (χ0) is 36.1. The van der Waals surface area contributed by atoms with Crippen LogP contribution in [0, 0.1) is 0 Å². The summed E-state index contributed by atoms with van der Waals surface area (Å²) in [7, 11) is -4.32. The van der Waals surface area contributed by atoms with Crippen LogP contribution in [0.3, 0.4) is 0 Å². The average molecular weight is 707 g/mol. The van der Waals surface area contributed by atoms with Crippen molar-refractivity contribution in [1.82, 2.24) is 5.32 Å². The summed E-state index contributed by atoms with van der Waals surface area (Å²) >= 11 is 0. The summed E-state index contributed by atoms with van der Waals surface area (Å²) < 4.78 is 22.0. The predicted molar refractivity (Wildman–Crippen MR) is 207 cm³/mol. The number of nitrogens with one attached hydrogen (secondary N) is 1. The number of phosphoric acid groups is 1. The highest BCUT2D eigenvalue weighted by Gasteiger charge is 2.27. The lowest BCUT2D eigenvalue weighted by molar-refractivity contribution is -0.123. The molecule has 0 aliphatic rings. The Kier molecular flexibility index (Phi) is 34.3. The second-order valence-electron chi connectivity index (χ2n) is 12.4. The van der Waals surface area contributed by atoms with Crippen molar-refractivity contribution in [2.75, 3.05) is 19.8 Å². The van der Waals surface area contributed by atoms with E-state index in [9.17, 15) is 19.4 Å². The molecule has 0 spiro atoms. The first-order chi connectivity index (χ1) is 23.9. The summed E-state index contributed by atoms with van der Waals surface area (Å²) in [6.07, 6.45) is 44.9. The number of carbonyl (C=O) groups is 1. The molecule has 3 unspecified atom stereocenters. The molecule has 0 saturated heterocycles. The molecule has 0 aliphatic carbocycles. The molecule has 0 aromatic heterocycles. The molecule has 282 valence electrons. The fraction of sp³-hybridized carbons (Fsp3) is 0.675. The van der Waals surface area contributed by atoms with Gasteiger partial charge in [0.05, 0.1) is 25.4 Å². The van der Waals surface area contributed by atoms with E-state index in [1.807, 2.05) is 0 Å². The van der Waals surface area contributed by atoms with Crippen LogP contribution in [0.4, 0.5) is 0 Å². The van der Waals surface area contributed by atoms with E-state index in [4.69, 9.17) is 14.8 Å². The maximum absolute atomic E-state index is 12.7. The SMILES string of the molecule is CC/C=C\C/C=C\C/C=C\C/C=C\C/C=C\C/C=C\CCCCC(=O)NC(COP(=O)(O)OCCN)C(O)CCCCCCCCCCC. The van der Waals surface area contributed by atoms with Crippen LogP contribution in [0.5, 0.6) is 0 Å². The van der Waals surface area contributed by atoms with Crippen molar-refractivity contribution in [1.29, 1.82) is 0 Å². The van der Waals surface area contributed by atoms with Gasteiger partial charge in [-0.1, -0.05) is 145 Å². The lowest BCUT2D eigenvalue weighted by Crippen LogP contribution is -2.46. The van der Waals surface area contributed by atoms with E-state index in [-0.39, 0.29) is 25.7 Å². The molecule has 8 nitrogen and oxygen atoms in total. The zero-order valence-corrected chi connectivity index (χ0v) is 31.8. The smallest absolute Gasteiger partial charge is 0.391 e. The number of hydrogen-bond donors (Lipinski definition) is 4. The minimum Gasteiger partial charge on any atom is -0.391 e. The fourth-order valence-corrected chi connectivity index (χ4v) is 5.72. The molecule has 0 saturated carbocycles. The zero-order valence-electron chi connectivity index (χ0n) is 30.9. The van der Waals surface area contributed by atoms with Gasteiger partial charge >= 0.3 is 7.82 Å². The average Bonchev–Trinajstić information content (AvgIpc) is 3.09. The van der Waals surface area contributed by atoms with Gasteiger partial charge in [0.25, 0.3) is 0 Å². The van der Waals surface area contributed by atoms with Crippen LogP contribution in [0.2, 0.25) is 0 Å². The van der Waals surface area contributed by atoms with Crippen LogP contribution in [0.1, 0.15) is 142 Å². The lowest BCUT2D eigenvalue weighted by Gasteiger charge is -2.25. The van der Waals surface area contributed by atoms with Crippen molar-refractivity contribution < 1.29 is 28.4 Å². The second-order valence-corrected chi connectivity index (χ2v) is 13.9. The number of rotatable bonds is 34. The molecule has 0 heterocycles. The van der Waals surface area contributed by atoms with Crippen molar-refractivity contribution in [3.63, 3.8) is 0 Å². The van der Waals surface area contributed by atoms with Crippen molar-refractivity contribution in [2.24, 2.45) is 5.73 Å². The lowest BCUT2D eigenvalue weighted by atomic mass is 10.0. The summed E-state index contributed by atoms with van der Waals surface area (Å²) in [5.74, 6) is -0.210. The van der Waals surface area contributed by atoms with Crippen molar-refractivity contribution in [3.8, 4) is 0 Å². The van der Waals surface area contributed by atoms with E-state index in [1.165, 1.54) is 38.5 Å². The number of nitrogens with two attached hydrogens (primary N) is 1. The summed E-state index contributed by atoms with van der Waals surface area (Å²) in [4.78, 5) is 22.6.